The van der Waals surface area contributed by atoms with Crippen molar-refractivity contribution in [3.05, 3.63) is 10.8 Å². The van der Waals surface area contributed by atoms with Crippen molar-refractivity contribution >= 4 is 35.3 Å². The Morgan fingerprint density at radius 3 is 2.30 bits per heavy atom. The second-order valence-corrected chi connectivity index (χ2v) is 7.79. The van der Waals surface area contributed by atoms with E-state index < -0.39 is 17.7 Å². The number of hydrogen-bond acceptors (Lipinski definition) is 8. The Labute approximate surface area is 163 Å². The topological polar surface area (TPSA) is 128 Å². The van der Waals surface area contributed by atoms with Crippen molar-refractivity contribution in [2.45, 2.75) is 64.1 Å². The molecule has 0 unspecified atom stereocenters. The Morgan fingerprint density at radius 1 is 1.15 bits per heavy atom. The summed E-state index contributed by atoms with van der Waals surface area (Å²) in [6, 6.07) is 0.170. The quantitative estimate of drug-likeness (QED) is 0.659. The lowest BCUT2D eigenvalue weighted by Crippen LogP contribution is -2.42. The number of esters is 1. The van der Waals surface area contributed by atoms with Crippen LogP contribution in [0.2, 0.25) is 5.15 Å². The van der Waals surface area contributed by atoms with Gasteiger partial charge in [0.05, 0.1) is 7.11 Å². The summed E-state index contributed by atoms with van der Waals surface area (Å²) in [5.41, 5.74) is 5.13. The molecule has 27 heavy (non-hydrogen) atoms. The Morgan fingerprint density at radius 2 is 1.74 bits per heavy atom. The number of amides is 1. The van der Waals surface area contributed by atoms with Gasteiger partial charge in [-0.25, -0.2) is 19.6 Å². The normalized spacial score (nSPS) is 19.9. The number of aromatic nitrogens is 2. The predicted molar refractivity (Wildman–Crippen MR) is 102 cm³/mol. The summed E-state index contributed by atoms with van der Waals surface area (Å²) < 4.78 is 9.87. The van der Waals surface area contributed by atoms with Crippen LogP contribution in [0.25, 0.3) is 0 Å². The SMILES string of the molecule is COC(=O)c1nc(Cl)c(N[C@H]2CC[C@H](NC(=O)OC(C)(C)C)CC2)nc1N. The van der Waals surface area contributed by atoms with E-state index in [4.69, 9.17) is 22.1 Å². The third-order valence-corrected chi connectivity index (χ3v) is 4.31. The molecule has 0 spiro atoms. The van der Waals surface area contributed by atoms with E-state index in [9.17, 15) is 9.59 Å². The molecule has 0 saturated heterocycles. The van der Waals surface area contributed by atoms with Crippen LogP contribution >= 0.6 is 11.6 Å². The van der Waals surface area contributed by atoms with Crippen LogP contribution < -0.4 is 16.4 Å². The minimum absolute atomic E-state index is 0.0472. The molecular weight excluding hydrogens is 374 g/mol. The van der Waals surface area contributed by atoms with Crippen molar-refractivity contribution in [1.29, 1.82) is 0 Å². The van der Waals surface area contributed by atoms with E-state index in [1.807, 2.05) is 20.8 Å². The lowest BCUT2D eigenvalue weighted by Gasteiger charge is -2.30. The van der Waals surface area contributed by atoms with Crippen molar-refractivity contribution in [2.75, 3.05) is 18.2 Å². The number of methoxy groups -OCH3 is 1. The number of carbonyl (C=O) groups excluding carboxylic acids is 2. The number of hydrogen-bond donors (Lipinski definition) is 3. The van der Waals surface area contributed by atoms with Gasteiger partial charge < -0.3 is 25.8 Å². The summed E-state index contributed by atoms with van der Waals surface area (Å²) in [4.78, 5) is 31.5. The molecule has 9 nitrogen and oxygen atoms in total. The van der Waals surface area contributed by atoms with Crippen molar-refractivity contribution in [2.24, 2.45) is 0 Å². The molecule has 10 heteroatoms. The molecule has 2 rings (SSSR count). The van der Waals surface area contributed by atoms with Crippen LogP contribution in [-0.4, -0.2) is 46.8 Å². The van der Waals surface area contributed by atoms with Gasteiger partial charge in [-0.1, -0.05) is 11.6 Å². The molecule has 1 saturated carbocycles. The van der Waals surface area contributed by atoms with E-state index >= 15 is 0 Å². The van der Waals surface area contributed by atoms with Gasteiger partial charge in [-0.2, -0.15) is 0 Å². The van der Waals surface area contributed by atoms with E-state index in [1.54, 1.807) is 0 Å². The second kappa shape index (κ2) is 8.60. The molecule has 0 aliphatic heterocycles. The average Bonchev–Trinajstić information content (AvgIpc) is 2.57. The molecule has 0 atom stereocenters. The zero-order valence-electron chi connectivity index (χ0n) is 16.0. The first-order valence-electron chi connectivity index (χ1n) is 8.76. The van der Waals surface area contributed by atoms with Crippen LogP contribution in [0.4, 0.5) is 16.4 Å². The second-order valence-electron chi connectivity index (χ2n) is 7.43. The number of nitrogens with zero attached hydrogens (tertiary/aromatic N) is 2. The zero-order valence-corrected chi connectivity index (χ0v) is 16.7. The zero-order chi connectivity index (χ0) is 20.2. The summed E-state index contributed by atoms with van der Waals surface area (Å²) in [6.45, 7) is 5.49. The first-order valence-corrected chi connectivity index (χ1v) is 9.14. The number of carbonyl (C=O) groups is 2. The number of nitrogen functional groups attached to an aromatic ring is 1. The monoisotopic (exact) mass is 399 g/mol. The minimum atomic E-state index is -0.692. The smallest absolute Gasteiger partial charge is 0.407 e. The van der Waals surface area contributed by atoms with Crippen molar-refractivity contribution in [3.63, 3.8) is 0 Å². The van der Waals surface area contributed by atoms with Gasteiger partial charge in [0, 0.05) is 12.1 Å². The Balaban J connectivity index is 1.90. The van der Waals surface area contributed by atoms with Crippen LogP contribution in [0.5, 0.6) is 0 Å². The summed E-state index contributed by atoms with van der Waals surface area (Å²) in [6.07, 6.45) is 2.78. The van der Waals surface area contributed by atoms with Crippen molar-refractivity contribution < 1.29 is 19.1 Å². The number of ether oxygens (including phenoxy) is 2. The predicted octanol–water partition coefficient (Wildman–Crippen LogP) is 2.75. The lowest BCUT2D eigenvalue weighted by molar-refractivity contribution is 0.0491. The number of alkyl carbamates (subject to hydrolysis) is 1. The maximum atomic E-state index is 11.9. The van der Waals surface area contributed by atoms with E-state index in [-0.39, 0.29) is 28.7 Å². The van der Waals surface area contributed by atoms with Gasteiger partial charge in [-0.3, -0.25) is 0 Å². The average molecular weight is 400 g/mol. The minimum Gasteiger partial charge on any atom is -0.464 e. The molecule has 1 aromatic heterocycles. The maximum Gasteiger partial charge on any atom is 0.407 e. The molecule has 1 aliphatic rings. The van der Waals surface area contributed by atoms with Gasteiger partial charge in [0.25, 0.3) is 0 Å². The molecule has 0 bridgehead atoms. The van der Waals surface area contributed by atoms with Crippen LogP contribution in [0.1, 0.15) is 56.9 Å². The fourth-order valence-electron chi connectivity index (χ4n) is 2.82. The van der Waals surface area contributed by atoms with E-state index in [2.05, 4.69) is 25.3 Å². The van der Waals surface area contributed by atoms with Gasteiger partial charge in [0.2, 0.25) is 0 Å². The Bertz CT molecular complexity index is 699. The molecule has 1 aliphatic carbocycles. The van der Waals surface area contributed by atoms with Crippen LogP contribution in [0.3, 0.4) is 0 Å². The van der Waals surface area contributed by atoms with Gasteiger partial charge in [0.1, 0.15) is 5.60 Å². The molecule has 0 radical (unpaired) electrons. The summed E-state index contributed by atoms with van der Waals surface area (Å²) in [5.74, 6) is -0.415. The summed E-state index contributed by atoms with van der Waals surface area (Å²) in [5, 5.41) is 6.15. The third kappa shape index (κ3) is 6.13. The standard InChI is InChI=1S/C17H26ClN5O4/c1-17(2,3)27-16(25)21-10-7-5-9(6-8-10)20-14-12(18)22-11(13(19)23-14)15(24)26-4/h9-10H,5-8H2,1-4H3,(H,21,25)(H3,19,20,23)/t9-,10-. The highest BCUT2D eigenvalue weighted by atomic mass is 35.5. The first-order chi connectivity index (χ1) is 12.6. The number of halogens is 1. The first kappa shape index (κ1) is 21.0. The highest BCUT2D eigenvalue weighted by Gasteiger charge is 2.26. The van der Waals surface area contributed by atoms with Crippen molar-refractivity contribution in [1.82, 2.24) is 15.3 Å². The highest BCUT2D eigenvalue weighted by Crippen LogP contribution is 2.26. The largest absolute Gasteiger partial charge is 0.464 e. The molecular formula is C17H26ClN5O4. The molecule has 4 N–H and O–H groups in total. The lowest BCUT2D eigenvalue weighted by atomic mass is 9.91. The van der Waals surface area contributed by atoms with E-state index in [0.717, 1.165) is 25.7 Å². The van der Waals surface area contributed by atoms with Crippen LogP contribution in [0.15, 0.2) is 0 Å². The number of nitrogens with two attached hydrogens (primary N) is 1. The molecule has 1 fully saturated rings. The van der Waals surface area contributed by atoms with E-state index in [0.29, 0.717) is 5.82 Å². The molecule has 1 aromatic rings. The number of rotatable bonds is 4. The third-order valence-electron chi connectivity index (χ3n) is 4.05. The Hall–Kier alpha value is -2.29. The molecule has 1 amide bonds. The van der Waals surface area contributed by atoms with Crippen LogP contribution in [-0.2, 0) is 9.47 Å². The van der Waals surface area contributed by atoms with Gasteiger partial charge >= 0.3 is 12.1 Å². The molecule has 150 valence electrons. The fourth-order valence-corrected chi connectivity index (χ4v) is 3.00. The molecule has 0 aromatic carbocycles. The molecule has 1 heterocycles. The Kier molecular flexibility index (Phi) is 6.69. The summed E-state index contributed by atoms with van der Waals surface area (Å²) in [7, 11) is 1.23. The number of anilines is 2. The highest BCUT2D eigenvalue weighted by molar-refractivity contribution is 6.32. The maximum absolute atomic E-state index is 11.9. The number of nitrogens with one attached hydrogen (secondary N) is 2. The van der Waals surface area contributed by atoms with E-state index in [1.165, 1.54) is 7.11 Å². The van der Waals surface area contributed by atoms with Gasteiger partial charge in [-0.15, -0.1) is 0 Å². The fraction of sp³-hybridized carbons (Fsp3) is 0.647. The van der Waals surface area contributed by atoms with Gasteiger partial charge in [-0.05, 0) is 46.5 Å². The summed E-state index contributed by atoms with van der Waals surface area (Å²) >= 11 is 6.11. The van der Waals surface area contributed by atoms with Gasteiger partial charge in [0.15, 0.2) is 22.5 Å². The van der Waals surface area contributed by atoms with Crippen molar-refractivity contribution in [3.8, 4) is 0 Å². The van der Waals surface area contributed by atoms with Crippen LogP contribution in [0, 0.1) is 0 Å².